The third-order valence-electron chi connectivity index (χ3n) is 3.92. The molecular formula is C14H14N2O. The molecule has 2 saturated heterocycles. The highest BCUT2D eigenvalue weighted by Gasteiger charge is 2.51. The van der Waals surface area contributed by atoms with E-state index in [1.807, 2.05) is 18.2 Å². The maximum absolute atomic E-state index is 11.6. The number of nitrogens with zero attached hydrogens (tertiary/aromatic N) is 2. The minimum absolute atomic E-state index is 0.137. The summed E-state index contributed by atoms with van der Waals surface area (Å²) in [5.41, 5.74) is 1.26. The average molecular weight is 226 g/mol. The Labute approximate surface area is 101 Å². The van der Waals surface area contributed by atoms with Crippen LogP contribution < -0.4 is 0 Å². The lowest BCUT2D eigenvalue weighted by Crippen LogP contribution is -2.64. The van der Waals surface area contributed by atoms with E-state index < -0.39 is 5.92 Å². The van der Waals surface area contributed by atoms with Crippen LogP contribution in [0.15, 0.2) is 30.3 Å². The van der Waals surface area contributed by atoms with Gasteiger partial charge in [0.25, 0.3) is 0 Å². The summed E-state index contributed by atoms with van der Waals surface area (Å²) < 4.78 is 0. The molecule has 3 aliphatic rings. The largest absolute Gasteiger partial charge is 0.298 e. The number of nitriles is 1. The Hall–Kier alpha value is -1.66. The Morgan fingerprint density at radius 2 is 2.12 bits per heavy atom. The number of hydrogen-bond acceptors (Lipinski definition) is 3. The molecule has 0 amide bonds. The van der Waals surface area contributed by atoms with E-state index in [0.29, 0.717) is 12.5 Å². The molecule has 0 N–H and O–H groups in total. The Morgan fingerprint density at radius 1 is 1.35 bits per heavy atom. The lowest BCUT2D eigenvalue weighted by atomic mass is 9.72. The Kier molecular flexibility index (Phi) is 2.45. The summed E-state index contributed by atoms with van der Waals surface area (Å²) in [5.74, 6) is -0.262. The molecule has 2 bridgehead atoms. The van der Waals surface area contributed by atoms with Crippen LogP contribution in [0.1, 0.15) is 18.4 Å². The number of fused-ring (bicyclic) bond motifs is 2. The van der Waals surface area contributed by atoms with Crippen LogP contribution in [0.4, 0.5) is 0 Å². The van der Waals surface area contributed by atoms with Crippen LogP contribution in [0.25, 0.3) is 0 Å². The smallest absolute Gasteiger partial charge is 0.153 e. The summed E-state index contributed by atoms with van der Waals surface area (Å²) in [4.78, 5) is 13.9. The summed E-state index contributed by atoms with van der Waals surface area (Å²) in [6.07, 6.45) is 1.57. The first kappa shape index (κ1) is 10.5. The second-order valence-corrected chi connectivity index (χ2v) is 4.89. The van der Waals surface area contributed by atoms with Crippen molar-refractivity contribution in [1.82, 2.24) is 4.90 Å². The van der Waals surface area contributed by atoms with E-state index in [0.717, 1.165) is 13.0 Å². The van der Waals surface area contributed by atoms with Crippen molar-refractivity contribution in [3.63, 3.8) is 0 Å². The quantitative estimate of drug-likeness (QED) is 0.771. The zero-order valence-corrected chi connectivity index (χ0v) is 9.54. The molecular weight excluding hydrogens is 212 g/mol. The molecule has 0 radical (unpaired) electrons. The molecule has 2 heterocycles. The Bertz CT molecular complexity index is 477. The van der Waals surface area contributed by atoms with Gasteiger partial charge in [-0.3, -0.25) is 9.69 Å². The van der Waals surface area contributed by atoms with Gasteiger partial charge in [0.2, 0.25) is 0 Å². The predicted molar refractivity (Wildman–Crippen MR) is 62.9 cm³/mol. The molecule has 1 aromatic carbocycles. The van der Waals surface area contributed by atoms with Crippen molar-refractivity contribution in [2.24, 2.45) is 5.92 Å². The van der Waals surface area contributed by atoms with Crippen LogP contribution in [-0.2, 0) is 11.3 Å². The maximum Gasteiger partial charge on any atom is 0.153 e. The van der Waals surface area contributed by atoms with Crippen molar-refractivity contribution in [2.45, 2.75) is 31.5 Å². The van der Waals surface area contributed by atoms with E-state index in [2.05, 4.69) is 23.1 Å². The molecule has 3 fully saturated rings. The van der Waals surface area contributed by atoms with Crippen LogP contribution in [0, 0.1) is 17.2 Å². The SMILES string of the molecule is N#CC1C(=O)CC2CC1N2Cc1ccccc1. The molecule has 0 spiro atoms. The molecule has 4 rings (SSSR count). The van der Waals surface area contributed by atoms with Crippen LogP contribution in [-0.4, -0.2) is 22.8 Å². The number of benzene rings is 1. The Morgan fingerprint density at radius 3 is 2.82 bits per heavy atom. The topological polar surface area (TPSA) is 44.1 Å². The number of rotatable bonds is 2. The molecule has 2 aliphatic heterocycles. The van der Waals surface area contributed by atoms with Crippen molar-refractivity contribution >= 4 is 5.78 Å². The number of Topliss-reactive ketones (excluding diaryl/α,β-unsaturated/α-hetero) is 1. The fraction of sp³-hybridized carbons (Fsp3) is 0.429. The van der Waals surface area contributed by atoms with Gasteiger partial charge in [0.15, 0.2) is 5.78 Å². The predicted octanol–water partition coefficient (Wildman–Crippen LogP) is 1.74. The minimum Gasteiger partial charge on any atom is -0.298 e. The molecule has 86 valence electrons. The number of piperidine rings is 1. The molecule has 1 aliphatic carbocycles. The zero-order valence-electron chi connectivity index (χ0n) is 9.54. The molecule has 3 nitrogen and oxygen atoms in total. The molecule has 3 heteroatoms. The van der Waals surface area contributed by atoms with Gasteiger partial charge in [0.1, 0.15) is 5.92 Å². The van der Waals surface area contributed by atoms with Crippen molar-refractivity contribution in [1.29, 1.82) is 5.26 Å². The molecule has 3 unspecified atom stereocenters. The fourth-order valence-corrected chi connectivity index (χ4v) is 2.98. The summed E-state index contributed by atoms with van der Waals surface area (Å²) >= 11 is 0. The minimum atomic E-state index is -0.399. The van der Waals surface area contributed by atoms with Gasteiger partial charge >= 0.3 is 0 Å². The average Bonchev–Trinajstić information content (AvgIpc) is 2.36. The van der Waals surface area contributed by atoms with Crippen molar-refractivity contribution in [3.8, 4) is 6.07 Å². The van der Waals surface area contributed by atoms with Gasteiger partial charge in [-0.25, -0.2) is 0 Å². The van der Waals surface area contributed by atoms with Crippen LogP contribution in [0.2, 0.25) is 0 Å². The van der Waals surface area contributed by atoms with Crippen LogP contribution in [0.3, 0.4) is 0 Å². The van der Waals surface area contributed by atoms with Gasteiger partial charge in [-0.2, -0.15) is 5.26 Å². The molecule has 1 aromatic rings. The number of ketones is 1. The Balaban J connectivity index is 1.75. The molecule has 3 atom stereocenters. The number of hydrogen-bond donors (Lipinski definition) is 0. The highest BCUT2D eigenvalue weighted by molar-refractivity contribution is 5.86. The first-order valence-electron chi connectivity index (χ1n) is 6.01. The van der Waals surface area contributed by atoms with E-state index >= 15 is 0 Å². The van der Waals surface area contributed by atoms with E-state index in [1.54, 1.807) is 0 Å². The third-order valence-corrected chi connectivity index (χ3v) is 3.92. The van der Waals surface area contributed by atoms with E-state index in [-0.39, 0.29) is 11.8 Å². The van der Waals surface area contributed by atoms with Gasteiger partial charge in [-0.05, 0) is 12.0 Å². The second-order valence-electron chi connectivity index (χ2n) is 4.89. The summed E-state index contributed by atoms with van der Waals surface area (Å²) in [5, 5.41) is 9.04. The van der Waals surface area contributed by atoms with Crippen molar-refractivity contribution < 1.29 is 4.79 Å². The third kappa shape index (κ3) is 1.65. The second kappa shape index (κ2) is 3.97. The van der Waals surface area contributed by atoms with Crippen LogP contribution >= 0.6 is 0 Å². The highest BCUT2D eigenvalue weighted by Crippen LogP contribution is 2.40. The first-order valence-corrected chi connectivity index (χ1v) is 6.01. The van der Waals surface area contributed by atoms with Gasteiger partial charge < -0.3 is 0 Å². The number of carbonyl (C=O) groups excluding carboxylic acids is 1. The van der Waals surface area contributed by atoms with Gasteiger partial charge in [-0.1, -0.05) is 30.3 Å². The summed E-state index contributed by atoms with van der Waals surface area (Å²) in [6, 6.07) is 12.9. The summed E-state index contributed by atoms with van der Waals surface area (Å²) in [6.45, 7) is 0.863. The normalized spacial score (nSPS) is 31.7. The molecule has 1 saturated carbocycles. The monoisotopic (exact) mass is 226 g/mol. The van der Waals surface area contributed by atoms with Gasteiger partial charge in [0, 0.05) is 25.0 Å². The number of carbonyl (C=O) groups is 1. The van der Waals surface area contributed by atoms with E-state index in [9.17, 15) is 4.79 Å². The lowest BCUT2D eigenvalue weighted by Gasteiger charge is -2.54. The van der Waals surface area contributed by atoms with Crippen LogP contribution in [0.5, 0.6) is 0 Å². The zero-order chi connectivity index (χ0) is 11.8. The van der Waals surface area contributed by atoms with Gasteiger partial charge in [-0.15, -0.1) is 0 Å². The maximum atomic E-state index is 11.6. The van der Waals surface area contributed by atoms with E-state index in [4.69, 9.17) is 5.26 Å². The van der Waals surface area contributed by atoms with Crippen molar-refractivity contribution in [3.05, 3.63) is 35.9 Å². The van der Waals surface area contributed by atoms with Crippen molar-refractivity contribution in [2.75, 3.05) is 0 Å². The molecule has 0 aromatic heterocycles. The fourth-order valence-electron chi connectivity index (χ4n) is 2.98. The van der Waals surface area contributed by atoms with E-state index in [1.165, 1.54) is 5.56 Å². The summed E-state index contributed by atoms with van der Waals surface area (Å²) in [7, 11) is 0. The highest BCUT2D eigenvalue weighted by atomic mass is 16.1. The standard InChI is InChI=1S/C14H14N2O/c15-8-12-13-6-11(7-14(12)17)16(13)9-10-4-2-1-3-5-10/h1-5,11-13H,6-7,9H2. The van der Waals surface area contributed by atoms with Gasteiger partial charge in [0.05, 0.1) is 6.07 Å². The molecule has 17 heavy (non-hydrogen) atoms. The first-order chi connectivity index (χ1) is 8.29. The lowest BCUT2D eigenvalue weighted by molar-refractivity contribution is -0.140.